The van der Waals surface area contributed by atoms with Crippen LogP contribution in [-0.2, 0) is 19.4 Å². The van der Waals surface area contributed by atoms with Gasteiger partial charge in [-0.05, 0) is 6.42 Å². The molecule has 0 spiro atoms. The molecule has 2 saturated heterocycles. The predicted molar refractivity (Wildman–Crippen MR) is 73.8 cm³/mol. The van der Waals surface area contributed by atoms with Gasteiger partial charge >= 0.3 is 12.0 Å². The van der Waals surface area contributed by atoms with Gasteiger partial charge in [-0.1, -0.05) is 0 Å². The molecule has 2 atom stereocenters. The van der Waals surface area contributed by atoms with Crippen molar-refractivity contribution >= 4 is 21.8 Å². The van der Waals surface area contributed by atoms with Crippen LogP contribution in [0.25, 0.3) is 0 Å². The molecule has 2 heterocycles. The average molecular weight is 320 g/mol. The van der Waals surface area contributed by atoms with E-state index in [9.17, 15) is 18.0 Å². The second kappa shape index (κ2) is 6.18. The Hall–Kier alpha value is -1.35. The van der Waals surface area contributed by atoms with Crippen molar-refractivity contribution in [3.05, 3.63) is 0 Å². The number of carbonyl (C=O) groups excluding carboxylic acids is 1. The molecule has 8 nitrogen and oxygen atoms in total. The molecular weight excluding hydrogens is 300 g/mol. The number of hydrogen-bond acceptors (Lipinski definition) is 5. The highest BCUT2D eigenvalue weighted by molar-refractivity contribution is 7.91. The predicted octanol–water partition coefficient (Wildman–Crippen LogP) is -0.599. The quantitative estimate of drug-likeness (QED) is 0.745. The molecule has 2 aliphatic rings. The number of amides is 2. The number of aliphatic carboxylic acids is 1. The number of morpholine rings is 1. The average Bonchev–Trinajstić information content (AvgIpc) is 2.77. The van der Waals surface area contributed by atoms with Crippen LogP contribution in [0, 0.1) is 0 Å². The van der Waals surface area contributed by atoms with Crippen molar-refractivity contribution in [3.63, 3.8) is 0 Å². The third kappa shape index (κ3) is 3.85. The fraction of sp³-hybridized carbons (Fsp3) is 0.833. The molecular formula is C12H20N2O6S. The molecule has 0 aliphatic carbocycles. The topological polar surface area (TPSA) is 104 Å². The van der Waals surface area contributed by atoms with E-state index in [4.69, 9.17) is 9.84 Å². The van der Waals surface area contributed by atoms with Gasteiger partial charge in [0.2, 0.25) is 0 Å². The zero-order valence-corrected chi connectivity index (χ0v) is 12.7. The van der Waals surface area contributed by atoms with E-state index < -0.39 is 21.8 Å². The fourth-order valence-corrected chi connectivity index (χ4v) is 4.49. The number of nitrogens with zero attached hydrogens (tertiary/aromatic N) is 2. The number of rotatable bonds is 3. The van der Waals surface area contributed by atoms with Crippen LogP contribution < -0.4 is 0 Å². The second-order valence-electron chi connectivity index (χ2n) is 5.47. The number of urea groups is 1. The van der Waals surface area contributed by atoms with Crippen molar-refractivity contribution in [1.82, 2.24) is 9.80 Å². The first kappa shape index (κ1) is 16.0. The highest BCUT2D eigenvalue weighted by Gasteiger charge is 2.37. The van der Waals surface area contributed by atoms with Crippen molar-refractivity contribution in [3.8, 4) is 0 Å². The second-order valence-corrected chi connectivity index (χ2v) is 7.70. The molecule has 0 aromatic rings. The van der Waals surface area contributed by atoms with Gasteiger partial charge in [-0.2, -0.15) is 0 Å². The lowest BCUT2D eigenvalue weighted by Crippen LogP contribution is -2.55. The van der Waals surface area contributed by atoms with Gasteiger partial charge in [0.05, 0.1) is 37.2 Å². The van der Waals surface area contributed by atoms with Gasteiger partial charge < -0.3 is 19.6 Å². The number of carboxylic acids is 1. The number of hydrogen-bond donors (Lipinski definition) is 1. The highest BCUT2D eigenvalue weighted by atomic mass is 32.2. The molecule has 0 aromatic carbocycles. The number of carboxylic acid groups (broad SMARTS) is 1. The summed E-state index contributed by atoms with van der Waals surface area (Å²) < 4.78 is 28.2. The molecule has 21 heavy (non-hydrogen) atoms. The van der Waals surface area contributed by atoms with Crippen molar-refractivity contribution in [2.24, 2.45) is 0 Å². The van der Waals surface area contributed by atoms with Gasteiger partial charge in [0.25, 0.3) is 0 Å². The first-order chi connectivity index (χ1) is 9.80. The Morgan fingerprint density at radius 1 is 1.43 bits per heavy atom. The first-order valence-corrected chi connectivity index (χ1v) is 8.65. The zero-order valence-electron chi connectivity index (χ0n) is 11.9. The van der Waals surface area contributed by atoms with E-state index in [1.165, 1.54) is 9.80 Å². The molecule has 2 unspecified atom stereocenters. The summed E-state index contributed by atoms with van der Waals surface area (Å²) in [6, 6.07) is -1.17. The maximum atomic E-state index is 12.5. The molecule has 0 radical (unpaired) electrons. The fourth-order valence-electron chi connectivity index (χ4n) is 2.72. The van der Waals surface area contributed by atoms with Crippen LogP contribution in [-0.4, -0.2) is 85.7 Å². The minimum atomic E-state index is -3.07. The monoisotopic (exact) mass is 320 g/mol. The maximum Gasteiger partial charge on any atom is 0.320 e. The summed E-state index contributed by atoms with van der Waals surface area (Å²) in [5.41, 5.74) is 0. The van der Waals surface area contributed by atoms with E-state index in [0.29, 0.717) is 19.6 Å². The third-order valence-corrected chi connectivity index (χ3v) is 5.69. The van der Waals surface area contributed by atoms with Gasteiger partial charge in [-0.25, -0.2) is 13.2 Å². The lowest BCUT2D eigenvalue weighted by atomic mass is 10.1. The summed E-state index contributed by atoms with van der Waals surface area (Å²) in [5, 5.41) is 8.90. The van der Waals surface area contributed by atoms with Crippen molar-refractivity contribution < 1.29 is 27.9 Å². The molecule has 1 N–H and O–H groups in total. The summed E-state index contributed by atoms with van der Waals surface area (Å²) in [4.78, 5) is 26.3. The van der Waals surface area contributed by atoms with Crippen LogP contribution in [0.3, 0.4) is 0 Å². The van der Waals surface area contributed by atoms with E-state index in [0.717, 1.165) is 0 Å². The minimum Gasteiger partial charge on any atom is -0.481 e. The molecule has 2 amide bonds. The summed E-state index contributed by atoms with van der Waals surface area (Å²) >= 11 is 0. The molecule has 0 aromatic heterocycles. The lowest BCUT2D eigenvalue weighted by Gasteiger charge is -2.38. The van der Waals surface area contributed by atoms with Crippen LogP contribution in [0.15, 0.2) is 0 Å². The minimum absolute atomic E-state index is 0.0246. The summed E-state index contributed by atoms with van der Waals surface area (Å²) in [5.74, 6) is -0.922. The molecule has 9 heteroatoms. The Morgan fingerprint density at radius 3 is 2.71 bits per heavy atom. The SMILES string of the molecule is CN(C(=O)N1CCOCC1CC(=O)O)C1CCS(=O)(=O)C1. The Morgan fingerprint density at radius 2 is 2.14 bits per heavy atom. The van der Waals surface area contributed by atoms with E-state index in [2.05, 4.69) is 0 Å². The smallest absolute Gasteiger partial charge is 0.320 e. The number of carbonyl (C=O) groups is 2. The van der Waals surface area contributed by atoms with E-state index in [-0.39, 0.29) is 36.6 Å². The molecule has 0 bridgehead atoms. The number of sulfone groups is 1. The van der Waals surface area contributed by atoms with Gasteiger partial charge in [0, 0.05) is 19.6 Å². The Balaban J connectivity index is 2.04. The molecule has 2 aliphatic heterocycles. The summed E-state index contributed by atoms with van der Waals surface area (Å²) in [6.07, 6.45) is 0.251. The zero-order chi connectivity index (χ0) is 15.6. The van der Waals surface area contributed by atoms with E-state index in [1.807, 2.05) is 0 Å². The Bertz CT molecular complexity index is 520. The summed E-state index contributed by atoms with van der Waals surface area (Å²) in [7, 11) is -1.50. The Labute approximate surface area is 123 Å². The van der Waals surface area contributed by atoms with Crippen LogP contribution >= 0.6 is 0 Å². The standard InChI is InChI=1S/C12H20N2O6S/c1-13(9-2-5-21(18,19)8-9)12(17)14-3-4-20-7-10(14)6-11(15)16/h9-10H,2-8H2,1H3,(H,15,16). The van der Waals surface area contributed by atoms with Crippen LogP contribution in [0.4, 0.5) is 4.79 Å². The lowest BCUT2D eigenvalue weighted by molar-refractivity contribution is -0.139. The van der Waals surface area contributed by atoms with E-state index >= 15 is 0 Å². The maximum absolute atomic E-state index is 12.5. The summed E-state index contributed by atoms with van der Waals surface area (Å²) in [6.45, 7) is 0.869. The highest BCUT2D eigenvalue weighted by Crippen LogP contribution is 2.20. The van der Waals surface area contributed by atoms with E-state index in [1.54, 1.807) is 7.05 Å². The molecule has 2 fully saturated rings. The van der Waals surface area contributed by atoms with Gasteiger partial charge in [-0.3, -0.25) is 4.79 Å². The van der Waals surface area contributed by atoms with Gasteiger partial charge in [0.15, 0.2) is 9.84 Å². The van der Waals surface area contributed by atoms with Crippen LogP contribution in [0.1, 0.15) is 12.8 Å². The molecule has 0 saturated carbocycles. The van der Waals surface area contributed by atoms with Crippen molar-refractivity contribution in [2.75, 3.05) is 38.3 Å². The Kier molecular flexibility index (Phi) is 4.72. The number of ether oxygens (including phenoxy) is 1. The van der Waals surface area contributed by atoms with Crippen molar-refractivity contribution in [1.29, 1.82) is 0 Å². The van der Waals surface area contributed by atoms with Crippen LogP contribution in [0.2, 0.25) is 0 Å². The largest absolute Gasteiger partial charge is 0.481 e. The third-order valence-electron chi connectivity index (χ3n) is 3.94. The molecule has 120 valence electrons. The van der Waals surface area contributed by atoms with Gasteiger partial charge in [-0.15, -0.1) is 0 Å². The van der Waals surface area contributed by atoms with Crippen LogP contribution in [0.5, 0.6) is 0 Å². The normalized spacial score (nSPS) is 28.3. The first-order valence-electron chi connectivity index (χ1n) is 6.83. The van der Waals surface area contributed by atoms with Crippen molar-refractivity contribution in [2.45, 2.75) is 24.9 Å². The van der Waals surface area contributed by atoms with Gasteiger partial charge in [0.1, 0.15) is 0 Å². The molecule has 2 rings (SSSR count).